The van der Waals surface area contributed by atoms with Crippen LogP contribution in [-0.2, 0) is 27.7 Å². The van der Waals surface area contributed by atoms with Crippen molar-refractivity contribution >= 4 is 15.9 Å². The number of hydrogen-bond acceptors (Lipinski definition) is 4. The van der Waals surface area contributed by atoms with E-state index in [1.165, 1.54) is 12.1 Å². The molecule has 0 aliphatic carbocycles. The number of nitrogens with two attached hydrogens (primary N) is 1. The van der Waals surface area contributed by atoms with Crippen LogP contribution in [0.1, 0.15) is 31.1 Å². The highest BCUT2D eigenvalue weighted by molar-refractivity contribution is 7.89. The fourth-order valence-electron chi connectivity index (χ4n) is 2.34. The fraction of sp³-hybridized carbons (Fsp3) is 0.353. The van der Waals surface area contributed by atoms with Crippen LogP contribution in [0.4, 0.5) is 0 Å². The van der Waals surface area contributed by atoms with Gasteiger partial charge in [0.1, 0.15) is 5.76 Å². The van der Waals surface area contributed by atoms with E-state index in [1.54, 1.807) is 18.4 Å². The third-order valence-corrected chi connectivity index (χ3v) is 4.63. The van der Waals surface area contributed by atoms with E-state index in [0.29, 0.717) is 12.8 Å². The summed E-state index contributed by atoms with van der Waals surface area (Å²) in [5.74, 6) is 0.878. The molecular weight excluding hydrogens is 328 g/mol. The number of aryl methyl sites for hydroxylation is 2. The lowest BCUT2D eigenvalue weighted by Gasteiger charge is -2.13. The number of primary sulfonamides is 1. The molecule has 2 rings (SSSR count). The number of furan rings is 1. The maximum Gasteiger partial charge on any atom is 0.238 e. The van der Waals surface area contributed by atoms with E-state index in [-0.39, 0.29) is 16.8 Å². The Hall–Kier alpha value is -2.12. The van der Waals surface area contributed by atoms with Gasteiger partial charge in [0.15, 0.2) is 0 Å². The smallest absolute Gasteiger partial charge is 0.238 e. The van der Waals surface area contributed by atoms with Crippen molar-refractivity contribution in [2.45, 2.75) is 43.5 Å². The second-order valence-corrected chi connectivity index (χ2v) is 7.34. The molecule has 3 N–H and O–H groups in total. The molecule has 0 spiro atoms. The van der Waals surface area contributed by atoms with Gasteiger partial charge in [-0.25, -0.2) is 13.6 Å². The molecule has 1 heterocycles. The Morgan fingerprint density at radius 3 is 2.50 bits per heavy atom. The summed E-state index contributed by atoms with van der Waals surface area (Å²) >= 11 is 0. The van der Waals surface area contributed by atoms with E-state index >= 15 is 0 Å². The van der Waals surface area contributed by atoms with Crippen molar-refractivity contribution in [1.29, 1.82) is 0 Å². The third kappa shape index (κ3) is 5.82. The van der Waals surface area contributed by atoms with Crippen molar-refractivity contribution in [1.82, 2.24) is 5.32 Å². The summed E-state index contributed by atoms with van der Waals surface area (Å²) in [7, 11) is -3.68. The lowest BCUT2D eigenvalue weighted by atomic mass is 10.1. The van der Waals surface area contributed by atoms with Crippen molar-refractivity contribution in [2.75, 3.05) is 0 Å². The molecule has 0 bridgehead atoms. The largest absolute Gasteiger partial charge is 0.469 e. The summed E-state index contributed by atoms with van der Waals surface area (Å²) < 4.78 is 27.6. The first-order valence-corrected chi connectivity index (χ1v) is 9.33. The first kappa shape index (κ1) is 18.2. The number of nitrogens with one attached hydrogen (secondary N) is 1. The van der Waals surface area contributed by atoms with Gasteiger partial charge in [-0.2, -0.15) is 0 Å². The summed E-state index contributed by atoms with van der Waals surface area (Å²) in [6, 6.07) is 10.1. The second kappa shape index (κ2) is 8.12. The number of rotatable bonds is 8. The van der Waals surface area contributed by atoms with E-state index in [9.17, 15) is 13.2 Å². The molecule has 0 aliphatic rings. The topological polar surface area (TPSA) is 102 Å². The van der Waals surface area contributed by atoms with Gasteiger partial charge in [0.25, 0.3) is 0 Å². The highest BCUT2D eigenvalue weighted by atomic mass is 32.2. The Bertz CT molecular complexity index is 752. The standard InChI is InChI=1S/C17H22N2O4S/c1-13(4-8-15-3-2-12-23-15)19-17(20)11-7-14-5-9-16(10-6-14)24(18,21)22/h2-3,5-6,9-10,12-13H,4,7-8,11H2,1H3,(H,19,20)(H2,18,21,22)/t13-/m0/s1. The van der Waals surface area contributed by atoms with Gasteiger partial charge in [-0.15, -0.1) is 0 Å². The van der Waals surface area contributed by atoms with E-state index in [2.05, 4.69) is 5.32 Å². The van der Waals surface area contributed by atoms with Crippen LogP contribution >= 0.6 is 0 Å². The van der Waals surface area contributed by atoms with E-state index in [4.69, 9.17) is 9.56 Å². The summed E-state index contributed by atoms with van der Waals surface area (Å²) in [6.45, 7) is 1.96. The monoisotopic (exact) mass is 350 g/mol. The highest BCUT2D eigenvalue weighted by Gasteiger charge is 2.10. The molecule has 7 heteroatoms. The predicted octanol–water partition coefficient (Wildman–Crippen LogP) is 2.00. The Labute approximate surface area is 142 Å². The summed E-state index contributed by atoms with van der Waals surface area (Å²) in [6.07, 6.45) is 4.12. The zero-order valence-corrected chi connectivity index (χ0v) is 14.4. The van der Waals surface area contributed by atoms with Crippen LogP contribution in [0.3, 0.4) is 0 Å². The molecule has 0 radical (unpaired) electrons. The molecule has 1 amide bonds. The zero-order chi connectivity index (χ0) is 17.6. The minimum Gasteiger partial charge on any atom is -0.469 e. The summed E-state index contributed by atoms with van der Waals surface area (Å²) in [5.41, 5.74) is 0.890. The van der Waals surface area contributed by atoms with Crippen molar-refractivity contribution in [2.24, 2.45) is 5.14 Å². The van der Waals surface area contributed by atoms with Crippen molar-refractivity contribution < 1.29 is 17.6 Å². The lowest BCUT2D eigenvalue weighted by Crippen LogP contribution is -2.33. The highest BCUT2D eigenvalue weighted by Crippen LogP contribution is 2.11. The predicted molar refractivity (Wildman–Crippen MR) is 90.8 cm³/mol. The molecule has 130 valence electrons. The second-order valence-electron chi connectivity index (χ2n) is 5.78. The molecule has 1 atom stereocenters. The van der Waals surface area contributed by atoms with E-state index in [1.807, 2.05) is 19.1 Å². The quantitative estimate of drug-likeness (QED) is 0.760. The SMILES string of the molecule is C[C@@H](CCc1ccco1)NC(=O)CCc1ccc(S(N)(=O)=O)cc1. The Morgan fingerprint density at radius 2 is 1.92 bits per heavy atom. The Morgan fingerprint density at radius 1 is 1.21 bits per heavy atom. The zero-order valence-electron chi connectivity index (χ0n) is 13.6. The number of amides is 1. The molecule has 0 saturated heterocycles. The molecule has 1 aromatic carbocycles. The van der Waals surface area contributed by atoms with Crippen LogP contribution in [0.2, 0.25) is 0 Å². The number of sulfonamides is 1. The van der Waals surface area contributed by atoms with Crippen LogP contribution in [-0.4, -0.2) is 20.4 Å². The summed E-state index contributed by atoms with van der Waals surface area (Å²) in [5, 5.41) is 8.00. The van der Waals surface area contributed by atoms with Crippen LogP contribution in [0, 0.1) is 0 Å². The Balaban J connectivity index is 1.74. The van der Waals surface area contributed by atoms with Gasteiger partial charge in [-0.1, -0.05) is 12.1 Å². The van der Waals surface area contributed by atoms with Gasteiger partial charge in [0, 0.05) is 18.9 Å². The fourth-order valence-corrected chi connectivity index (χ4v) is 2.85. The van der Waals surface area contributed by atoms with Crippen molar-refractivity contribution in [3.63, 3.8) is 0 Å². The van der Waals surface area contributed by atoms with Crippen LogP contribution in [0.25, 0.3) is 0 Å². The first-order chi connectivity index (χ1) is 11.3. The number of hydrogen-bond donors (Lipinski definition) is 2. The van der Waals surface area contributed by atoms with E-state index < -0.39 is 10.0 Å². The lowest BCUT2D eigenvalue weighted by molar-refractivity contribution is -0.121. The molecule has 0 saturated carbocycles. The van der Waals surface area contributed by atoms with Crippen molar-refractivity contribution in [3.8, 4) is 0 Å². The number of carbonyl (C=O) groups excluding carboxylic acids is 1. The molecule has 0 fully saturated rings. The Kier molecular flexibility index (Phi) is 6.16. The average Bonchev–Trinajstić information content (AvgIpc) is 3.04. The number of benzene rings is 1. The maximum atomic E-state index is 12.0. The minimum atomic E-state index is -3.68. The van der Waals surface area contributed by atoms with Gasteiger partial charge in [0.2, 0.25) is 15.9 Å². The van der Waals surface area contributed by atoms with Gasteiger partial charge >= 0.3 is 0 Å². The van der Waals surface area contributed by atoms with Crippen molar-refractivity contribution in [3.05, 3.63) is 54.0 Å². The van der Waals surface area contributed by atoms with Gasteiger partial charge in [0.05, 0.1) is 11.2 Å². The molecule has 1 aromatic heterocycles. The van der Waals surface area contributed by atoms with Gasteiger partial charge in [-0.05, 0) is 49.6 Å². The number of carbonyl (C=O) groups is 1. The van der Waals surface area contributed by atoms with Crippen LogP contribution < -0.4 is 10.5 Å². The van der Waals surface area contributed by atoms with Gasteiger partial charge < -0.3 is 9.73 Å². The molecule has 6 nitrogen and oxygen atoms in total. The molecule has 24 heavy (non-hydrogen) atoms. The minimum absolute atomic E-state index is 0.0301. The van der Waals surface area contributed by atoms with Crippen LogP contribution in [0.15, 0.2) is 52.0 Å². The van der Waals surface area contributed by atoms with Crippen LogP contribution in [0.5, 0.6) is 0 Å². The molecule has 0 unspecified atom stereocenters. The molecule has 0 aliphatic heterocycles. The summed E-state index contributed by atoms with van der Waals surface area (Å²) in [4.78, 5) is 12.0. The molecular formula is C17H22N2O4S. The maximum absolute atomic E-state index is 12.0. The normalized spacial score (nSPS) is 12.8. The average molecular weight is 350 g/mol. The third-order valence-electron chi connectivity index (χ3n) is 3.70. The van der Waals surface area contributed by atoms with Gasteiger partial charge in [-0.3, -0.25) is 4.79 Å². The molecule has 2 aromatic rings. The van der Waals surface area contributed by atoms with E-state index in [0.717, 1.165) is 24.2 Å². The first-order valence-electron chi connectivity index (χ1n) is 7.78.